The summed E-state index contributed by atoms with van der Waals surface area (Å²) >= 11 is 0. The predicted molar refractivity (Wildman–Crippen MR) is 80.9 cm³/mol. The van der Waals surface area contributed by atoms with Crippen LogP contribution < -0.4 is 4.72 Å². The summed E-state index contributed by atoms with van der Waals surface area (Å²) in [7, 11) is 0.0328. The smallest absolute Gasteiger partial charge is 0.240 e. The molecule has 0 unspecified atom stereocenters. The molecule has 1 aromatic heterocycles. The van der Waals surface area contributed by atoms with Crippen LogP contribution in [-0.2, 0) is 28.4 Å². The number of nitrogens with zero attached hydrogens (tertiary/aromatic N) is 3. The molecule has 1 heterocycles. The van der Waals surface area contributed by atoms with Gasteiger partial charge in [-0.3, -0.25) is 9.48 Å². The predicted octanol–water partition coefficient (Wildman–Crippen LogP) is 0.342. The second kappa shape index (κ2) is 7.04. The van der Waals surface area contributed by atoms with Gasteiger partial charge in [0.25, 0.3) is 0 Å². The van der Waals surface area contributed by atoms with Gasteiger partial charge in [0.05, 0.1) is 12.5 Å². The first-order valence-electron chi connectivity index (χ1n) is 6.78. The minimum absolute atomic E-state index is 0.208. The molecule has 0 fully saturated rings. The van der Waals surface area contributed by atoms with Crippen LogP contribution >= 0.6 is 0 Å². The zero-order valence-corrected chi connectivity index (χ0v) is 14.0. The molecule has 1 aromatic rings. The fourth-order valence-corrected chi connectivity index (χ4v) is 2.81. The normalized spacial score (nSPS) is 13.4. The van der Waals surface area contributed by atoms with E-state index in [0.717, 1.165) is 11.8 Å². The number of amides is 1. The third-order valence-corrected chi connectivity index (χ3v) is 3.63. The van der Waals surface area contributed by atoms with Gasteiger partial charge >= 0.3 is 0 Å². The number of rotatable bonds is 7. The molecule has 0 bridgehead atoms. The van der Waals surface area contributed by atoms with E-state index < -0.39 is 16.1 Å². The Morgan fingerprint density at radius 1 is 1.48 bits per heavy atom. The molecule has 120 valence electrons. The molecule has 1 amide bonds. The molecule has 0 aromatic carbocycles. The zero-order chi connectivity index (χ0) is 16.2. The summed E-state index contributed by atoms with van der Waals surface area (Å²) < 4.78 is 26.9. The average molecular weight is 316 g/mol. The lowest BCUT2D eigenvalue weighted by atomic mass is 10.0. The Balaban J connectivity index is 2.78. The van der Waals surface area contributed by atoms with Crippen LogP contribution in [0.1, 0.15) is 25.8 Å². The second-order valence-corrected chi connectivity index (χ2v) is 7.57. The molecule has 0 saturated carbocycles. The van der Waals surface area contributed by atoms with Crippen molar-refractivity contribution in [2.45, 2.75) is 32.9 Å². The summed E-state index contributed by atoms with van der Waals surface area (Å²) in [5, 5.41) is 4.05. The Morgan fingerprint density at radius 2 is 2.10 bits per heavy atom. The van der Waals surface area contributed by atoms with Gasteiger partial charge in [0.1, 0.15) is 6.04 Å². The van der Waals surface area contributed by atoms with Crippen molar-refractivity contribution >= 4 is 15.9 Å². The Bertz CT molecular complexity index is 580. The highest BCUT2D eigenvalue weighted by molar-refractivity contribution is 7.88. The largest absolute Gasteiger partial charge is 0.340 e. The molecular weight excluding hydrogens is 292 g/mol. The maximum atomic E-state index is 12.4. The summed E-state index contributed by atoms with van der Waals surface area (Å²) in [6.45, 7) is 4.30. The number of carbonyl (C=O) groups excluding carboxylic acids is 1. The lowest BCUT2D eigenvalue weighted by Crippen LogP contribution is -2.47. The van der Waals surface area contributed by atoms with Crippen LogP contribution in [0.2, 0.25) is 0 Å². The highest BCUT2D eigenvalue weighted by Gasteiger charge is 2.26. The minimum atomic E-state index is -3.43. The Labute approximate surface area is 126 Å². The SMILES string of the molecule is CC(C)C[C@@H](NS(C)(=O)=O)C(=O)N(C)Cc1cnn(C)c1. The monoisotopic (exact) mass is 316 g/mol. The number of nitrogens with one attached hydrogen (secondary N) is 1. The van der Waals surface area contributed by atoms with Crippen LogP contribution in [0.5, 0.6) is 0 Å². The van der Waals surface area contributed by atoms with Gasteiger partial charge in [-0.15, -0.1) is 0 Å². The van der Waals surface area contributed by atoms with Crippen molar-refractivity contribution in [2.24, 2.45) is 13.0 Å². The van der Waals surface area contributed by atoms with E-state index in [4.69, 9.17) is 0 Å². The Kier molecular flexibility index (Phi) is 5.91. The highest BCUT2D eigenvalue weighted by Crippen LogP contribution is 2.10. The summed E-state index contributed by atoms with van der Waals surface area (Å²) in [5.74, 6) is -0.0297. The van der Waals surface area contributed by atoms with E-state index in [2.05, 4.69) is 9.82 Å². The van der Waals surface area contributed by atoms with E-state index in [1.54, 1.807) is 25.0 Å². The first-order chi connectivity index (χ1) is 9.58. The van der Waals surface area contributed by atoms with Gasteiger partial charge in [0, 0.05) is 32.4 Å². The maximum absolute atomic E-state index is 12.4. The number of aryl methyl sites for hydroxylation is 1. The quantitative estimate of drug-likeness (QED) is 0.786. The maximum Gasteiger partial charge on any atom is 0.240 e. The molecule has 7 nitrogen and oxygen atoms in total. The molecule has 0 aliphatic carbocycles. The lowest BCUT2D eigenvalue weighted by molar-refractivity contribution is -0.132. The molecule has 21 heavy (non-hydrogen) atoms. The van der Waals surface area contributed by atoms with Crippen LogP contribution in [0.4, 0.5) is 0 Å². The van der Waals surface area contributed by atoms with E-state index in [1.165, 1.54) is 4.90 Å². The van der Waals surface area contributed by atoms with Crippen molar-refractivity contribution in [3.63, 3.8) is 0 Å². The van der Waals surface area contributed by atoms with Gasteiger partial charge in [-0.05, 0) is 12.3 Å². The summed E-state index contributed by atoms with van der Waals surface area (Å²) in [5.41, 5.74) is 0.899. The molecule has 1 atom stereocenters. The Hall–Kier alpha value is -1.41. The van der Waals surface area contributed by atoms with Gasteiger partial charge in [-0.25, -0.2) is 13.1 Å². The summed E-state index contributed by atoms with van der Waals surface area (Å²) in [6, 6.07) is -0.735. The highest BCUT2D eigenvalue weighted by atomic mass is 32.2. The topological polar surface area (TPSA) is 84.3 Å². The van der Waals surface area contributed by atoms with Crippen molar-refractivity contribution in [1.29, 1.82) is 0 Å². The third kappa shape index (κ3) is 6.26. The van der Waals surface area contributed by atoms with Crippen LogP contribution in [-0.4, -0.2) is 48.4 Å². The summed E-state index contributed by atoms with van der Waals surface area (Å²) in [6.07, 6.45) is 5.04. The number of hydrogen-bond donors (Lipinski definition) is 1. The van der Waals surface area contributed by atoms with Crippen LogP contribution in [0.3, 0.4) is 0 Å². The van der Waals surface area contributed by atoms with Crippen molar-refractivity contribution in [2.75, 3.05) is 13.3 Å². The molecule has 8 heteroatoms. The average Bonchev–Trinajstić information content (AvgIpc) is 2.70. The van der Waals surface area contributed by atoms with E-state index in [-0.39, 0.29) is 11.8 Å². The number of likely N-dealkylation sites (N-methyl/N-ethyl adjacent to an activating group) is 1. The van der Waals surface area contributed by atoms with Crippen molar-refractivity contribution < 1.29 is 13.2 Å². The minimum Gasteiger partial charge on any atom is -0.340 e. The molecule has 1 rings (SSSR count). The molecule has 0 saturated heterocycles. The standard InChI is InChI=1S/C13H24N4O3S/c1-10(2)6-12(15-21(5,19)20)13(18)16(3)8-11-7-14-17(4)9-11/h7,9-10,12,15H,6,8H2,1-5H3/t12-/m1/s1. The van der Waals surface area contributed by atoms with E-state index in [1.807, 2.05) is 20.0 Å². The second-order valence-electron chi connectivity index (χ2n) is 5.79. The molecule has 0 aliphatic heterocycles. The molecule has 1 N–H and O–H groups in total. The number of sulfonamides is 1. The molecule has 0 radical (unpaired) electrons. The van der Waals surface area contributed by atoms with Crippen molar-refractivity contribution in [3.8, 4) is 0 Å². The fourth-order valence-electron chi connectivity index (χ4n) is 2.10. The number of carbonyl (C=O) groups is 1. The van der Waals surface area contributed by atoms with Gasteiger partial charge < -0.3 is 4.90 Å². The first-order valence-corrected chi connectivity index (χ1v) is 8.67. The van der Waals surface area contributed by atoms with E-state index >= 15 is 0 Å². The molecule has 0 aliphatic rings. The van der Waals surface area contributed by atoms with Crippen molar-refractivity contribution in [1.82, 2.24) is 19.4 Å². The van der Waals surface area contributed by atoms with E-state index in [9.17, 15) is 13.2 Å². The van der Waals surface area contributed by atoms with Crippen LogP contribution in [0.25, 0.3) is 0 Å². The van der Waals surface area contributed by atoms with Crippen LogP contribution in [0, 0.1) is 5.92 Å². The van der Waals surface area contributed by atoms with Gasteiger partial charge in [0.15, 0.2) is 0 Å². The van der Waals surface area contributed by atoms with E-state index in [0.29, 0.717) is 13.0 Å². The van der Waals surface area contributed by atoms with Crippen LogP contribution in [0.15, 0.2) is 12.4 Å². The summed E-state index contributed by atoms with van der Waals surface area (Å²) in [4.78, 5) is 14.0. The zero-order valence-electron chi connectivity index (χ0n) is 13.2. The molecular formula is C13H24N4O3S. The number of aromatic nitrogens is 2. The first kappa shape index (κ1) is 17.6. The lowest BCUT2D eigenvalue weighted by Gasteiger charge is -2.24. The Morgan fingerprint density at radius 3 is 2.52 bits per heavy atom. The van der Waals surface area contributed by atoms with Gasteiger partial charge in [0.2, 0.25) is 15.9 Å². The third-order valence-electron chi connectivity index (χ3n) is 2.92. The number of hydrogen-bond acceptors (Lipinski definition) is 4. The van der Waals surface area contributed by atoms with Gasteiger partial charge in [-0.2, -0.15) is 5.10 Å². The van der Waals surface area contributed by atoms with Crippen molar-refractivity contribution in [3.05, 3.63) is 18.0 Å². The molecule has 0 spiro atoms. The fraction of sp³-hybridized carbons (Fsp3) is 0.692. The van der Waals surface area contributed by atoms with Gasteiger partial charge in [-0.1, -0.05) is 13.8 Å².